The van der Waals surface area contributed by atoms with Crippen molar-refractivity contribution in [2.45, 2.75) is 59.5 Å². The van der Waals surface area contributed by atoms with Gasteiger partial charge in [0.15, 0.2) is 0 Å². The lowest BCUT2D eigenvalue weighted by molar-refractivity contribution is -0.140. The van der Waals surface area contributed by atoms with Crippen molar-refractivity contribution < 1.29 is 9.59 Å². The molecule has 156 valence electrons. The first-order valence-corrected chi connectivity index (χ1v) is 11.0. The number of aryl methyl sites for hydroxylation is 2. The molecule has 0 radical (unpaired) electrons. The first-order valence-electron chi connectivity index (χ1n) is 10.2. The molecular formula is C24H31BrN2O2. The van der Waals surface area contributed by atoms with E-state index in [4.69, 9.17) is 0 Å². The third-order valence-corrected chi connectivity index (χ3v) is 5.64. The molecule has 2 aromatic carbocycles. The van der Waals surface area contributed by atoms with Crippen molar-refractivity contribution in [2.24, 2.45) is 0 Å². The van der Waals surface area contributed by atoms with E-state index >= 15 is 0 Å². The topological polar surface area (TPSA) is 49.4 Å². The molecule has 5 heteroatoms. The van der Waals surface area contributed by atoms with E-state index in [0.29, 0.717) is 13.1 Å². The van der Waals surface area contributed by atoms with Gasteiger partial charge in [0.1, 0.15) is 6.04 Å². The fourth-order valence-corrected chi connectivity index (χ4v) is 3.42. The monoisotopic (exact) mass is 458 g/mol. The molecule has 2 rings (SSSR count). The number of rotatable bonds is 9. The lowest BCUT2D eigenvalue weighted by Gasteiger charge is -2.29. The van der Waals surface area contributed by atoms with Crippen LogP contribution in [-0.4, -0.2) is 29.3 Å². The van der Waals surface area contributed by atoms with Gasteiger partial charge in [-0.1, -0.05) is 65.2 Å². The van der Waals surface area contributed by atoms with Crippen molar-refractivity contribution in [3.8, 4) is 0 Å². The molecular weight excluding hydrogens is 428 g/mol. The zero-order valence-electron chi connectivity index (χ0n) is 17.8. The second kappa shape index (κ2) is 11.1. The maximum absolute atomic E-state index is 13.3. The summed E-state index contributed by atoms with van der Waals surface area (Å²) in [6, 6.07) is 13.5. The van der Waals surface area contributed by atoms with E-state index in [-0.39, 0.29) is 18.2 Å². The minimum absolute atomic E-state index is 0.0419. The molecule has 2 amide bonds. The molecule has 0 spiro atoms. The fourth-order valence-electron chi connectivity index (χ4n) is 3.16. The third kappa shape index (κ3) is 7.00. The SMILES string of the molecule is CCCCNC(=O)C(C)N(Cc1ccc(Br)cc1)C(=O)Cc1cc(C)ccc1C. The van der Waals surface area contributed by atoms with Crippen molar-refractivity contribution in [1.82, 2.24) is 10.2 Å². The number of benzene rings is 2. The quantitative estimate of drug-likeness (QED) is 0.540. The zero-order chi connectivity index (χ0) is 21.4. The van der Waals surface area contributed by atoms with E-state index in [1.807, 2.05) is 50.2 Å². The van der Waals surface area contributed by atoms with Gasteiger partial charge < -0.3 is 10.2 Å². The van der Waals surface area contributed by atoms with Crippen molar-refractivity contribution in [3.63, 3.8) is 0 Å². The van der Waals surface area contributed by atoms with Crippen LogP contribution >= 0.6 is 15.9 Å². The Bertz CT molecular complexity index is 833. The van der Waals surface area contributed by atoms with E-state index in [2.05, 4.69) is 34.2 Å². The van der Waals surface area contributed by atoms with Crippen molar-refractivity contribution in [1.29, 1.82) is 0 Å². The fraction of sp³-hybridized carbons (Fsp3) is 0.417. The molecule has 0 aromatic heterocycles. The Kier molecular flexibility index (Phi) is 8.90. The average molecular weight is 459 g/mol. The number of nitrogens with one attached hydrogen (secondary N) is 1. The number of nitrogens with zero attached hydrogens (tertiary/aromatic N) is 1. The summed E-state index contributed by atoms with van der Waals surface area (Å²) >= 11 is 3.44. The lowest BCUT2D eigenvalue weighted by atomic mass is 10.0. The number of halogens is 1. The number of carbonyl (C=O) groups excluding carboxylic acids is 2. The highest BCUT2D eigenvalue weighted by Gasteiger charge is 2.26. The largest absolute Gasteiger partial charge is 0.354 e. The summed E-state index contributed by atoms with van der Waals surface area (Å²) in [4.78, 5) is 27.6. The summed E-state index contributed by atoms with van der Waals surface area (Å²) in [5.41, 5.74) is 4.22. The molecule has 0 saturated heterocycles. The Morgan fingerprint density at radius 2 is 1.79 bits per heavy atom. The zero-order valence-corrected chi connectivity index (χ0v) is 19.4. The number of unbranched alkanes of at least 4 members (excludes halogenated alkanes) is 1. The highest BCUT2D eigenvalue weighted by molar-refractivity contribution is 9.10. The van der Waals surface area contributed by atoms with Crippen LogP contribution in [0, 0.1) is 13.8 Å². The first-order chi connectivity index (χ1) is 13.8. The molecule has 4 nitrogen and oxygen atoms in total. The van der Waals surface area contributed by atoms with Gasteiger partial charge in [-0.25, -0.2) is 0 Å². The van der Waals surface area contributed by atoms with Crippen LogP contribution in [0.25, 0.3) is 0 Å². The maximum atomic E-state index is 13.3. The Balaban J connectivity index is 2.22. The van der Waals surface area contributed by atoms with Gasteiger partial charge in [-0.05, 0) is 56.0 Å². The Morgan fingerprint density at radius 1 is 1.10 bits per heavy atom. The highest BCUT2D eigenvalue weighted by atomic mass is 79.9. The van der Waals surface area contributed by atoms with Crippen molar-refractivity contribution in [3.05, 3.63) is 69.2 Å². The molecule has 0 fully saturated rings. The molecule has 29 heavy (non-hydrogen) atoms. The number of amides is 2. The predicted octanol–water partition coefficient (Wildman–Crippen LogP) is 4.94. The minimum Gasteiger partial charge on any atom is -0.354 e. The van der Waals surface area contributed by atoms with Gasteiger partial charge in [-0.15, -0.1) is 0 Å². The molecule has 2 aromatic rings. The molecule has 0 aliphatic carbocycles. The molecule has 0 heterocycles. The third-order valence-electron chi connectivity index (χ3n) is 5.11. The molecule has 1 unspecified atom stereocenters. The lowest BCUT2D eigenvalue weighted by Crippen LogP contribution is -2.48. The van der Waals surface area contributed by atoms with Gasteiger partial charge in [-0.2, -0.15) is 0 Å². The van der Waals surface area contributed by atoms with Crippen LogP contribution in [0.15, 0.2) is 46.9 Å². The van der Waals surface area contributed by atoms with Gasteiger partial charge in [0.2, 0.25) is 11.8 Å². The van der Waals surface area contributed by atoms with Crippen LogP contribution in [0.1, 0.15) is 48.9 Å². The summed E-state index contributed by atoms with van der Waals surface area (Å²) in [6.45, 7) is 8.97. The second-order valence-corrected chi connectivity index (χ2v) is 8.49. The van der Waals surface area contributed by atoms with Crippen LogP contribution in [0.3, 0.4) is 0 Å². The molecule has 1 atom stereocenters. The highest BCUT2D eigenvalue weighted by Crippen LogP contribution is 2.17. The van der Waals surface area contributed by atoms with Gasteiger partial charge in [0, 0.05) is 17.6 Å². The summed E-state index contributed by atoms with van der Waals surface area (Å²) in [7, 11) is 0. The smallest absolute Gasteiger partial charge is 0.242 e. The number of hydrogen-bond donors (Lipinski definition) is 1. The second-order valence-electron chi connectivity index (χ2n) is 7.58. The van der Waals surface area contributed by atoms with E-state index in [1.165, 1.54) is 0 Å². The average Bonchev–Trinajstić information content (AvgIpc) is 2.69. The Labute approximate surface area is 182 Å². The Morgan fingerprint density at radius 3 is 2.45 bits per heavy atom. The number of carbonyl (C=O) groups is 2. The van der Waals surface area contributed by atoms with Crippen LogP contribution in [-0.2, 0) is 22.6 Å². The van der Waals surface area contributed by atoms with Gasteiger partial charge >= 0.3 is 0 Å². The minimum atomic E-state index is -0.534. The van der Waals surface area contributed by atoms with E-state index < -0.39 is 6.04 Å². The Hall–Kier alpha value is -2.14. The summed E-state index contributed by atoms with van der Waals surface area (Å²) in [6.07, 6.45) is 2.24. The molecule has 0 bridgehead atoms. The van der Waals surface area contributed by atoms with Gasteiger partial charge in [-0.3, -0.25) is 9.59 Å². The molecule has 0 saturated carbocycles. The van der Waals surface area contributed by atoms with E-state index in [0.717, 1.165) is 39.6 Å². The normalized spacial score (nSPS) is 11.8. The van der Waals surface area contributed by atoms with E-state index in [1.54, 1.807) is 11.8 Å². The van der Waals surface area contributed by atoms with Crippen LogP contribution < -0.4 is 5.32 Å². The van der Waals surface area contributed by atoms with Gasteiger partial charge in [0.25, 0.3) is 0 Å². The van der Waals surface area contributed by atoms with Gasteiger partial charge in [0.05, 0.1) is 6.42 Å². The number of hydrogen-bond acceptors (Lipinski definition) is 2. The van der Waals surface area contributed by atoms with Crippen molar-refractivity contribution in [2.75, 3.05) is 6.54 Å². The maximum Gasteiger partial charge on any atom is 0.242 e. The van der Waals surface area contributed by atoms with Crippen LogP contribution in [0.2, 0.25) is 0 Å². The molecule has 1 N–H and O–H groups in total. The first kappa shape index (κ1) is 23.1. The van der Waals surface area contributed by atoms with E-state index in [9.17, 15) is 9.59 Å². The summed E-state index contributed by atoms with van der Waals surface area (Å²) < 4.78 is 0.986. The van der Waals surface area contributed by atoms with Crippen LogP contribution in [0.4, 0.5) is 0 Å². The summed E-state index contributed by atoms with van der Waals surface area (Å²) in [5.74, 6) is -0.148. The van der Waals surface area contributed by atoms with Crippen LogP contribution in [0.5, 0.6) is 0 Å². The molecule has 0 aliphatic heterocycles. The molecule has 0 aliphatic rings. The van der Waals surface area contributed by atoms with Crippen molar-refractivity contribution >= 4 is 27.7 Å². The standard InChI is InChI=1S/C24H31BrN2O2/c1-5-6-13-26-24(29)19(4)27(16-20-9-11-22(25)12-10-20)23(28)15-21-14-17(2)7-8-18(21)3/h7-12,14,19H,5-6,13,15-16H2,1-4H3,(H,26,29). The predicted molar refractivity (Wildman–Crippen MR) is 122 cm³/mol. The summed E-state index contributed by atoms with van der Waals surface area (Å²) in [5, 5.41) is 2.96.